The lowest BCUT2D eigenvalue weighted by Crippen LogP contribution is -2.24. The highest BCUT2D eigenvalue weighted by molar-refractivity contribution is 5.29. The molecule has 1 aromatic rings. The van der Waals surface area contributed by atoms with Crippen LogP contribution in [0.15, 0.2) is 24.3 Å². The summed E-state index contributed by atoms with van der Waals surface area (Å²) >= 11 is 0. The van der Waals surface area contributed by atoms with Crippen LogP contribution >= 0.6 is 0 Å². The topological polar surface area (TPSA) is 21.3 Å². The zero-order valence-electron chi connectivity index (χ0n) is 11.5. The molecule has 0 saturated heterocycles. The van der Waals surface area contributed by atoms with Crippen LogP contribution in [0.2, 0.25) is 0 Å². The van der Waals surface area contributed by atoms with Crippen LogP contribution in [0, 0.1) is 5.92 Å². The molecule has 0 heterocycles. The van der Waals surface area contributed by atoms with Crippen molar-refractivity contribution < 1.29 is 17.9 Å². The van der Waals surface area contributed by atoms with E-state index in [2.05, 4.69) is 10.1 Å². The maximum atomic E-state index is 12.1. The van der Waals surface area contributed by atoms with Crippen molar-refractivity contribution in [3.8, 4) is 5.75 Å². The van der Waals surface area contributed by atoms with E-state index in [0.29, 0.717) is 0 Å². The lowest BCUT2D eigenvalue weighted by molar-refractivity contribution is -0.274. The Balaban J connectivity index is 1.85. The van der Waals surface area contributed by atoms with Crippen molar-refractivity contribution in [2.24, 2.45) is 5.92 Å². The molecule has 20 heavy (non-hydrogen) atoms. The van der Waals surface area contributed by atoms with E-state index in [9.17, 15) is 13.2 Å². The van der Waals surface area contributed by atoms with Crippen molar-refractivity contribution in [1.29, 1.82) is 0 Å². The van der Waals surface area contributed by atoms with Gasteiger partial charge in [-0.3, -0.25) is 0 Å². The molecule has 1 N–H and O–H groups in total. The third-order valence-corrected chi connectivity index (χ3v) is 3.80. The summed E-state index contributed by atoms with van der Waals surface area (Å²) in [6, 6.07) is 6.20. The maximum Gasteiger partial charge on any atom is 0.573 e. The van der Waals surface area contributed by atoms with E-state index in [0.717, 1.165) is 18.0 Å². The standard InChI is InChI=1S/C15H20F3NO/c1-11(19-10-12-4-2-3-5-12)13-6-8-14(9-7-13)20-15(16,17)18/h6-9,11-12,19H,2-5,10H2,1H3. The molecule has 0 amide bonds. The van der Waals surface area contributed by atoms with Gasteiger partial charge in [-0.15, -0.1) is 13.2 Å². The largest absolute Gasteiger partial charge is 0.573 e. The Morgan fingerprint density at radius 1 is 1.20 bits per heavy atom. The van der Waals surface area contributed by atoms with Crippen LogP contribution in [0.3, 0.4) is 0 Å². The average Bonchev–Trinajstić information content (AvgIpc) is 2.88. The Kier molecular flexibility index (Phi) is 4.91. The zero-order valence-corrected chi connectivity index (χ0v) is 11.5. The maximum absolute atomic E-state index is 12.1. The summed E-state index contributed by atoms with van der Waals surface area (Å²) in [5.41, 5.74) is 0.970. The molecule has 1 saturated carbocycles. The Bertz CT molecular complexity index is 410. The fraction of sp³-hybridized carbons (Fsp3) is 0.600. The van der Waals surface area contributed by atoms with E-state index in [1.165, 1.54) is 37.8 Å². The molecule has 1 unspecified atom stereocenters. The summed E-state index contributed by atoms with van der Waals surface area (Å²) < 4.78 is 40.0. The molecule has 1 atom stereocenters. The summed E-state index contributed by atoms with van der Waals surface area (Å²) in [5, 5.41) is 3.45. The lowest BCUT2D eigenvalue weighted by Gasteiger charge is -2.18. The third-order valence-electron chi connectivity index (χ3n) is 3.80. The first-order chi connectivity index (χ1) is 9.44. The van der Waals surface area contributed by atoms with Crippen molar-refractivity contribution in [2.75, 3.05) is 6.54 Å². The minimum atomic E-state index is -4.63. The lowest BCUT2D eigenvalue weighted by atomic mass is 10.1. The molecule has 0 aromatic heterocycles. The van der Waals surface area contributed by atoms with Gasteiger partial charge in [0.25, 0.3) is 0 Å². The molecular formula is C15H20F3NO. The number of nitrogens with one attached hydrogen (secondary N) is 1. The average molecular weight is 287 g/mol. The first-order valence-corrected chi connectivity index (χ1v) is 7.03. The van der Waals surface area contributed by atoms with E-state index >= 15 is 0 Å². The van der Waals surface area contributed by atoms with Gasteiger partial charge in [0.2, 0.25) is 0 Å². The number of hydrogen-bond acceptors (Lipinski definition) is 2. The molecular weight excluding hydrogens is 267 g/mol. The van der Waals surface area contributed by atoms with E-state index < -0.39 is 6.36 Å². The van der Waals surface area contributed by atoms with E-state index in [4.69, 9.17) is 0 Å². The van der Waals surface area contributed by atoms with Crippen LogP contribution in [-0.4, -0.2) is 12.9 Å². The molecule has 0 aliphatic heterocycles. The minimum Gasteiger partial charge on any atom is -0.406 e. The van der Waals surface area contributed by atoms with Crippen LogP contribution in [0.25, 0.3) is 0 Å². The predicted molar refractivity (Wildman–Crippen MR) is 71.5 cm³/mol. The van der Waals surface area contributed by atoms with Crippen LogP contribution in [-0.2, 0) is 0 Å². The van der Waals surface area contributed by atoms with Crippen molar-refractivity contribution in [3.63, 3.8) is 0 Å². The van der Waals surface area contributed by atoms with Crippen LogP contribution in [0.4, 0.5) is 13.2 Å². The van der Waals surface area contributed by atoms with Gasteiger partial charge in [-0.1, -0.05) is 25.0 Å². The van der Waals surface area contributed by atoms with Crippen LogP contribution < -0.4 is 10.1 Å². The molecule has 0 bridgehead atoms. The second kappa shape index (κ2) is 6.48. The first-order valence-electron chi connectivity index (χ1n) is 7.03. The smallest absolute Gasteiger partial charge is 0.406 e. The highest BCUT2D eigenvalue weighted by atomic mass is 19.4. The molecule has 0 radical (unpaired) electrons. The number of alkyl halides is 3. The molecule has 1 aromatic carbocycles. The third kappa shape index (κ3) is 4.71. The van der Waals surface area contributed by atoms with E-state index in [1.807, 2.05) is 6.92 Å². The van der Waals surface area contributed by atoms with Crippen LogP contribution in [0.5, 0.6) is 5.75 Å². The molecule has 0 spiro atoms. The second-order valence-electron chi connectivity index (χ2n) is 5.40. The normalized spacial score (nSPS) is 18.2. The fourth-order valence-corrected chi connectivity index (χ4v) is 2.63. The van der Waals surface area contributed by atoms with Gasteiger partial charge in [0.1, 0.15) is 5.75 Å². The summed E-state index contributed by atoms with van der Waals surface area (Å²) in [7, 11) is 0. The number of benzene rings is 1. The Hall–Kier alpha value is -1.23. The summed E-state index contributed by atoms with van der Waals surface area (Å²) in [6.45, 7) is 3.00. The first kappa shape index (κ1) is 15.2. The number of halogens is 3. The van der Waals surface area contributed by atoms with E-state index in [1.54, 1.807) is 12.1 Å². The zero-order chi connectivity index (χ0) is 14.6. The van der Waals surface area contributed by atoms with Crippen molar-refractivity contribution >= 4 is 0 Å². The van der Waals surface area contributed by atoms with Gasteiger partial charge in [-0.25, -0.2) is 0 Å². The molecule has 1 fully saturated rings. The monoisotopic (exact) mass is 287 g/mol. The number of hydrogen-bond donors (Lipinski definition) is 1. The SMILES string of the molecule is CC(NCC1CCCC1)c1ccc(OC(F)(F)F)cc1. The Labute approximate surface area is 117 Å². The Morgan fingerprint density at radius 3 is 2.35 bits per heavy atom. The molecule has 1 aliphatic rings. The van der Waals surface area contributed by atoms with Gasteiger partial charge in [-0.2, -0.15) is 0 Å². The summed E-state index contributed by atoms with van der Waals surface area (Å²) in [6.07, 6.45) is 0.540. The minimum absolute atomic E-state index is 0.135. The highest BCUT2D eigenvalue weighted by Crippen LogP contribution is 2.26. The molecule has 5 heteroatoms. The molecule has 1 aliphatic carbocycles. The Morgan fingerprint density at radius 2 is 1.80 bits per heavy atom. The molecule has 112 valence electrons. The predicted octanol–water partition coefficient (Wildman–Crippen LogP) is 4.43. The number of ether oxygens (including phenoxy) is 1. The van der Waals surface area contributed by atoms with E-state index in [-0.39, 0.29) is 11.8 Å². The van der Waals surface area contributed by atoms with Crippen molar-refractivity contribution in [3.05, 3.63) is 29.8 Å². The van der Waals surface area contributed by atoms with Gasteiger partial charge < -0.3 is 10.1 Å². The van der Waals surface area contributed by atoms with Gasteiger partial charge >= 0.3 is 6.36 Å². The van der Waals surface area contributed by atoms with Gasteiger partial charge in [0.05, 0.1) is 0 Å². The van der Waals surface area contributed by atoms with Gasteiger partial charge in [-0.05, 0) is 49.9 Å². The van der Waals surface area contributed by atoms with Crippen molar-refractivity contribution in [1.82, 2.24) is 5.32 Å². The molecule has 2 rings (SSSR count). The van der Waals surface area contributed by atoms with Crippen LogP contribution in [0.1, 0.15) is 44.2 Å². The highest BCUT2D eigenvalue weighted by Gasteiger charge is 2.31. The fourth-order valence-electron chi connectivity index (χ4n) is 2.63. The summed E-state index contributed by atoms with van der Waals surface area (Å²) in [4.78, 5) is 0. The van der Waals surface area contributed by atoms with Crippen molar-refractivity contribution in [2.45, 2.75) is 45.0 Å². The quantitative estimate of drug-likeness (QED) is 0.865. The van der Waals surface area contributed by atoms with Gasteiger partial charge in [0, 0.05) is 6.04 Å². The van der Waals surface area contributed by atoms with Gasteiger partial charge in [0.15, 0.2) is 0 Å². The summed E-state index contributed by atoms with van der Waals surface area (Å²) in [5.74, 6) is 0.564. The molecule has 2 nitrogen and oxygen atoms in total. The number of rotatable bonds is 5. The second-order valence-corrected chi connectivity index (χ2v) is 5.40.